The second-order valence-electron chi connectivity index (χ2n) is 6.10. The van der Waals surface area contributed by atoms with Gasteiger partial charge in [0.15, 0.2) is 5.13 Å². The predicted octanol–water partition coefficient (Wildman–Crippen LogP) is 3.89. The van der Waals surface area contributed by atoms with E-state index in [0.717, 1.165) is 40.1 Å². The predicted molar refractivity (Wildman–Crippen MR) is 107 cm³/mol. The third kappa shape index (κ3) is 4.15. The van der Waals surface area contributed by atoms with E-state index in [9.17, 15) is 4.79 Å². The second kappa shape index (κ2) is 7.59. The fraction of sp³-hybridized carbons (Fsp3) is 0.150. The van der Waals surface area contributed by atoms with Crippen LogP contribution in [0.15, 0.2) is 55.0 Å². The molecule has 1 amide bonds. The summed E-state index contributed by atoms with van der Waals surface area (Å²) in [7, 11) is 0. The smallest absolute Gasteiger partial charge is 0.223 e. The standard InChI is InChI=1S/C20H17N5OS/c1-13(26)23-20-25-17-4-3-15(12-18(17)27-20)16-8-11-22-19(24-16)5-2-14-6-9-21-10-7-14/h3-4,6-12H,2,5H2,1H3,(H,23,25,26). The zero-order valence-electron chi connectivity index (χ0n) is 14.7. The molecule has 0 atom stereocenters. The number of rotatable bonds is 5. The monoisotopic (exact) mass is 375 g/mol. The fourth-order valence-electron chi connectivity index (χ4n) is 2.77. The molecule has 1 N–H and O–H groups in total. The Morgan fingerprint density at radius 1 is 1.04 bits per heavy atom. The van der Waals surface area contributed by atoms with Crippen LogP contribution < -0.4 is 5.32 Å². The molecule has 0 fully saturated rings. The number of hydrogen-bond acceptors (Lipinski definition) is 6. The van der Waals surface area contributed by atoms with Crippen LogP contribution in [0.4, 0.5) is 5.13 Å². The maximum atomic E-state index is 11.2. The number of carbonyl (C=O) groups is 1. The number of fused-ring (bicyclic) bond motifs is 1. The quantitative estimate of drug-likeness (QED) is 0.572. The summed E-state index contributed by atoms with van der Waals surface area (Å²) in [5, 5.41) is 3.34. The molecule has 134 valence electrons. The van der Waals surface area contributed by atoms with E-state index in [-0.39, 0.29) is 5.91 Å². The Balaban J connectivity index is 1.56. The molecule has 0 bridgehead atoms. The van der Waals surface area contributed by atoms with Crippen molar-refractivity contribution in [3.63, 3.8) is 0 Å². The van der Waals surface area contributed by atoms with Gasteiger partial charge in [-0.25, -0.2) is 15.0 Å². The summed E-state index contributed by atoms with van der Waals surface area (Å²) in [5.41, 5.74) is 3.97. The number of thiazole rings is 1. The molecule has 3 aromatic heterocycles. The molecule has 0 spiro atoms. The molecule has 6 nitrogen and oxygen atoms in total. The fourth-order valence-corrected chi connectivity index (χ4v) is 3.73. The van der Waals surface area contributed by atoms with Crippen molar-refractivity contribution in [2.45, 2.75) is 19.8 Å². The number of anilines is 1. The van der Waals surface area contributed by atoms with Crippen molar-refractivity contribution in [2.75, 3.05) is 5.32 Å². The lowest BCUT2D eigenvalue weighted by Gasteiger charge is -2.04. The molecule has 27 heavy (non-hydrogen) atoms. The van der Waals surface area contributed by atoms with Gasteiger partial charge in [0.25, 0.3) is 0 Å². The molecule has 4 aromatic rings. The van der Waals surface area contributed by atoms with Crippen molar-refractivity contribution < 1.29 is 4.79 Å². The molecule has 0 radical (unpaired) electrons. The summed E-state index contributed by atoms with van der Waals surface area (Å²) in [5.74, 6) is 0.691. The summed E-state index contributed by atoms with van der Waals surface area (Å²) < 4.78 is 1.01. The topological polar surface area (TPSA) is 80.7 Å². The minimum atomic E-state index is -0.121. The highest BCUT2D eigenvalue weighted by Gasteiger charge is 2.08. The number of carbonyl (C=O) groups excluding carboxylic acids is 1. The van der Waals surface area contributed by atoms with Gasteiger partial charge in [0.2, 0.25) is 5.91 Å². The summed E-state index contributed by atoms with van der Waals surface area (Å²) >= 11 is 1.45. The van der Waals surface area contributed by atoms with Gasteiger partial charge in [0.05, 0.1) is 15.9 Å². The van der Waals surface area contributed by atoms with E-state index in [4.69, 9.17) is 4.98 Å². The van der Waals surface area contributed by atoms with E-state index in [1.54, 1.807) is 18.6 Å². The van der Waals surface area contributed by atoms with Crippen LogP contribution >= 0.6 is 11.3 Å². The first-order valence-corrected chi connectivity index (χ1v) is 9.38. The number of nitrogens with zero attached hydrogens (tertiary/aromatic N) is 4. The van der Waals surface area contributed by atoms with E-state index >= 15 is 0 Å². The molecule has 7 heteroatoms. The maximum Gasteiger partial charge on any atom is 0.223 e. The molecule has 4 rings (SSSR count). The second-order valence-corrected chi connectivity index (χ2v) is 7.13. The van der Waals surface area contributed by atoms with Crippen molar-refractivity contribution in [3.05, 3.63) is 66.4 Å². The van der Waals surface area contributed by atoms with Crippen LogP contribution in [-0.2, 0) is 17.6 Å². The van der Waals surface area contributed by atoms with Gasteiger partial charge in [-0.15, -0.1) is 0 Å². The third-order valence-corrected chi connectivity index (χ3v) is 4.99. The van der Waals surface area contributed by atoms with Crippen molar-refractivity contribution in [2.24, 2.45) is 0 Å². The molecule has 1 aromatic carbocycles. The van der Waals surface area contributed by atoms with Crippen LogP contribution in [0.25, 0.3) is 21.5 Å². The largest absolute Gasteiger partial charge is 0.302 e. The van der Waals surface area contributed by atoms with E-state index in [0.29, 0.717) is 5.13 Å². The van der Waals surface area contributed by atoms with Gasteiger partial charge in [-0.3, -0.25) is 9.78 Å². The Kier molecular flexibility index (Phi) is 4.84. The SMILES string of the molecule is CC(=O)Nc1nc2ccc(-c3ccnc(CCc4ccncc4)n3)cc2s1. The van der Waals surface area contributed by atoms with Crippen molar-refractivity contribution in [1.82, 2.24) is 19.9 Å². The van der Waals surface area contributed by atoms with E-state index in [1.807, 2.05) is 36.4 Å². The normalized spacial score (nSPS) is 10.9. The summed E-state index contributed by atoms with van der Waals surface area (Å²) in [6.07, 6.45) is 7.04. The lowest BCUT2D eigenvalue weighted by Crippen LogP contribution is -2.04. The van der Waals surface area contributed by atoms with Crippen LogP contribution in [0.5, 0.6) is 0 Å². The molecule has 0 unspecified atom stereocenters. The van der Waals surface area contributed by atoms with Gasteiger partial charge in [-0.05, 0) is 42.3 Å². The number of nitrogens with one attached hydrogen (secondary N) is 1. The average Bonchev–Trinajstić information content (AvgIpc) is 3.08. The molecule has 0 aliphatic carbocycles. The molecular formula is C20H17N5OS. The highest BCUT2D eigenvalue weighted by atomic mass is 32.1. The molecule has 0 aliphatic heterocycles. The van der Waals surface area contributed by atoms with Gasteiger partial charge >= 0.3 is 0 Å². The maximum absolute atomic E-state index is 11.2. The summed E-state index contributed by atoms with van der Waals surface area (Å²) in [6.45, 7) is 1.48. The first-order valence-electron chi connectivity index (χ1n) is 8.57. The van der Waals surface area contributed by atoms with E-state index < -0.39 is 0 Å². The number of pyridine rings is 1. The van der Waals surface area contributed by atoms with Crippen molar-refractivity contribution in [3.8, 4) is 11.3 Å². The van der Waals surface area contributed by atoms with Crippen LogP contribution in [0.1, 0.15) is 18.3 Å². The van der Waals surface area contributed by atoms with Crippen LogP contribution in [-0.4, -0.2) is 25.8 Å². The van der Waals surface area contributed by atoms with Gasteiger partial charge in [0.1, 0.15) is 5.82 Å². The average molecular weight is 375 g/mol. The molecule has 0 saturated heterocycles. The van der Waals surface area contributed by atoms with Crippen molar-refractivity contribution >= 4 is 32.6 Å². The summed E-state index contributed by atoms with van der Waals surface area (Å²) in [6, 6.07) is 11.9. The number of aromatic nitrogens is 4. The first kappa shape index (κ1) is 17.2. The Bertz CT molecular complexity index is 1090. The number of aryl methyl sites for hydroxylation is 2. The Hall–Kier alpha value is -3.19. The van der Waals surface area contributed by atoms with Gasteiger partial charge in [-0.2, -0.15) is 0 Å². The van der Waals surface area contributed by atoms with E-state index in [2.05, 4.69) is 20.3 Å². The minimum Gasteiger partial charge on any atom is -0.302 e. The highest BCUT2D eigenvalue weighted by molar-refractivity contribution is 7.22. The molecule has 0 saturated carbocycles. The van der Waals surface area contributed by atoms with Crippen LogP contribution in [0.3, 0.4) is 0 Å². The Morgan fingerprint density at radius 3 is 2.70 bits per heavy atom. The minimum absolute atomic E-state index is 0.121. The van der Waals surface area contributed by atoms with Crippen LogP contribution in [0, 0.1) is 0 Å². The lowest BCUT2D eigenvalue weighted by atomic mass is 10.1. The summed E-state index contributed by atoms with van der Waals surface area (Å²) in [4.78, 5) is 28.8. The highest BCUT2D eigenvalue weighted by Crippen LogP contribution is 2.29. The Morgan fingerprint density at radius 2 is 1.89 bits per heavy atom. The van der Waals surface area contributed by atoms with Crippen molar-refractivity contribution in [1.29, 1.82) is 0 Å². The molecule has 0 aliphatic rings. The molecular weight excluding hydrogens is 358 g/mol. The first-order chi connectivity index (χ1) is 13.2. The van der Waals surface area contributed by atoms with Gasteiger partial charge < -0.3 is 5.32 Å². The van der Waals surface area contributed by atoms with E-state index in [1.165, 1.54) is 23.8 Å². The third-order valence-electron chi connectivity index (χ3n) is 4.06. The zero-order chi connectivity index (χ0) is 18.6. The number of hydrogen-bond donors (Lipinski definition) is 1. The Labute approximate surface area is 160 Å². The van der Waals surface area contributed by atoms with Crippen LogP contribution in [0.2, 0.25) is 0 Å². The van der Waals surface area contributed by atoms with Gasteiger partial charge in [-0.1, -0.05) is 17.4 Å². The van der Waals surface area contributed by atoms with Gasteiger partial charge in [0, 0.05) is 37.5 Å². The molecule has 3 heterocycles. The number of benzene rings is 1. The lowest BCUT2D eigenvalue weighted by molar-refractivity contribution is -0.114. The number of amides is 1. The zero-order valence-corrected chi connectivity index (χ0v) is 15.5.